The van der Waals surface area contributed by atoms with Gasteiger partial charge in [-0.15, -0.1) is 5.10 Å². The fraction of sp³-hybridized carbons (Fsp3) is 0.320. The van der Waals surface area contributed by atoms with Crippen LogP contribution in [0.15, 0.2) is 59.4 Å². The lowest BCUT2D eigenvalue weighted by atomic mass is 9.97. The molecule has 0 unspecified atom stereocenters. The van der Waals surface area contributed by atoms with Gasteiger partial charge in [0.2, 0.25) is 5.91 Å². The van der Waals surface area contributed by atoms with E-state index < -0.39 is 0 Å². The Kier molecular flexibility index (Phi) is 7.37. The van der Waals surface area contributed by atoms with E-state index in [1.807, 2.05) is 23.1 Å². The van der Waals surface area contributed by atoms with Gasteiger partial charge in [-0.25, -0.2) is 0 Å². The number of anilines is 1. The maximum atomic E-state index is 12.9. The second-order valence-corrected chi connectivity index (χ2v) is 8.55. The van der Waals surface area contributed by atoms with Gasteiger partial charge in [-0.05, 0) is 54.8 Å². The molecule has 178 valence electrons. The average molecular weight is 483 g/mol. The van der Waals surface area contributed by atoms with Crippen LogP contribution >= 0.6 is 11.6 Å². The highest BCUT2D eigenvalue weighted by Gasteiger charge is 2.27. The van der Waals surface area contributed by atoms with E-state index in [1.54, 1.807) is 44.6 Å². The second kappa shape index (κ2) is 10.6. The maximum Gasteiger partial charge on any atom is 0.271 e. The maximum absolute atomic E-state index is 12.9. The lowest BCUT2D eigenvalue weighted by molar-refractivity contribution is -0.125. The van der Waals surface area contributed by atoms with Crippen molar-refractivity contribution in [2.45, 2.75) is 19.4 Å². The Balaban J connectivity index is 1.44. The van der Waals surface area contributed by atoms with Gasteiger partial charge in [-0.3, -0.25) is 9.59 Å². The molecule has 0 aliphatic carbocycles. The minimum Gasteiger partial charge on any atom is -0.493 e. The number of carbonyl (C=O) groups excluding carboxylic acids is 1. The average Bonchev–Trinajstić information content (AvgIpc) is 2.87. The van der Waals surface area contributed by atoms with Crippen LogP contribution in [0.1, 0.15) is 18.4 Å². The van der Waals surface area contributed by atoms with Gasteiger partial charge in [0.1, 0.15) is 5.82 Å². The van der Waals surface area contributed by atoms with Crippen molar-refractivity contribution in [2.75, 3.05) is 32.2 Å². The molecule has 1 aliphatic rings. The molecular formula is C25H27ClN4O4. The molecule has 1 N–H and O–H groups in total. The third kappa shape index (κ3) is 5.34. The van der Waals surface area contributed by atoms with Crippen LogP contribution in [0.5, 0.6) is 11.5 Å². The number of hydrogen-bond acceptors (Lipinski definition) is 6. The molecule has 9 heteroatoms. The number of ether oxygens (including phenoxy) is 2. The van der Waals surface area contributed by atoms with Crippen molar-refractivity contribution in [3.8, 4) is 17.2 Å². The summed E-state index contributed by atoms with van der Waals surface area (Å²) in [6.07, 6.45) is 1.65. The Labute approximate surface area is 203 Å². The molecule has 8 nitrogen and oxygen atoms in total. The lowest BCUT2D eigenvalue weighted by Crippen LogP contribution is -2.43. The van der Waals surface area contributed by atoms with Gasteiger partial charge in [0.25, 0.3) is 5.56 Å². The molecule has 1 amide bonds. The summed E-state index contributed by atoms with van der Waals surface area (Å²) in [5, 5.41) is 8.10. The molecule has 4 rings (SSSR count). The first-order valence-corrected chi connectivity index (χ1v) is 11.5. The standard InChI is InChI=1S/C25H27ClN4O4/c1-33-21-9-8-17(13-22(21)34-2)15-27-25(32)18-5-4-12-29(16-18)23-10-11-24(31)30(28-23)20-7-3-6-19(26)14-20/h3,6-11,13-14,18H,4-5,12,15-16H2,1-2H3,(H,27,32)/t18-/m0/s1. The van der Waals surface area contributed by atoms with Crippen LogP contribution < -0.4 is 25.2 Å². The van der Waals surface area contributed by atoms with E-state index in [1.165, 1.54) is 10.7 Å². The van der Waals surface area contributed by atoms with E-state index in [-0.39, 0.29) is 17.4 Å². The van der Waals surface area contributed by atoms with Crippen molar-refractivity contribution in [1.29, 1.82) is 0 Å². The third-order valence-electron chi connectivity index (χ3n) is 5.87. The fourth-order valence-electron chi connectivity index (χ4n) is 4.09. The highest BCUT2D eigenvalue weighted by atomic mass is 35.5. The van der Waals surface area contributed by atoms with Crippen LogP contribution in [0.25, 0.3) is 5.69 Å². The van der Waals surface area contributed by atoms with Crippen LogP contribution in [-0.2, 0) is 11.3 Å². The summed E-state index contributed by atoms with van der Waals surface area (Å²) in [7, 11) is 3.17. The highest BCUT2D eigenvalue weighted by molar-refractivity contribution is 6.30. The second-order valence-electron chi connectivity index (χ2n) is 8.11. The number of nitrogens with zero attached hydrogens (tertiary/aromatic N) is 3. The molecule has 1 aliphatic heterocycles. The molecule has 0 spiro atoms. The SMILES string of the molecule is COc1ccc(CNC(=O)[C@H]2CCCN(c3ccc(=O)n(-c4cccc(Cl)c4)n3)C2)cc1OC. The van der Waals surface area contributed by atoms with Gasteiger partial charge in [0.05, 0.1) is 25.8 Å². The Bertz CT molecular complexity index is 1230. The Hall–Kier alpha value is -3.52. The summed E-state index contributed by atoms with van der Waals surface area (Å²) in [6.45, 7) is 1.69. The van der Waals surface area contributed by atoms with Crippen molar-refractivity contribution >= 4 is 23.3 Å². The first-order chi connectivity index (χ1) is 16.5. The van der Waals surface area contributed by atoms with Gasteiger partial charge < -0.3 is 19.7 Å². The Morgan fingerprint density at radius 2 is 1.94 bits per heavy atom. The molecule has 0 bridgehead atoms. The predicted molar refractivity (Wildman–Crippen MR) is 131 cm³/mol. The van der Waals surface area contributed by atoms with Gasteiger partial charge in [-0.2, -0.15) is 4.68 Å². The van der Waals surface area contributed by atoms with Crippen molar-refractivity contribution in [3.05, 3.63) is 75.5 Å². The largest absolute Gasteiger partial charge is 0.493 e. The molecule has 1 fully saturated rings. The van der Waals surface area contributed by atoms with Crippen molar-refractivity contribution in [1.82, 2.24) is 15.1 Å². The minimum absolute atomic E-state index is 0.0114. The molecule has 0 saturated carbocycles. The summed E-state index contributed by atoms with van der Waals surface area (Å²) < 4.78 is 11.9. The van der Waals surface area contributed by atoms with Crippen LogP contribution in [0, 0.1) is 5.92 Å². The van der Waals surface area contributed by atoms with Crippen molar-refractivity contribution in [2.24, 2.45) is 5.92 Å². The normalized spacial score (nSPS) is 15.6. The number of aromatic nitrogens is 2. The summed E-state index contributed by atoms with van der Waals surface area (Å²) in [5.74, 6) is 1.73. The predicted octanol–water partition coefficient (Wildman–Crippen LogP) is 3.44. The van der Waals surface area contributed by atoms with Gasteiger partial charge in [0.15, 0.2) is 11.5 Å². The summed E-state index contributed by atoms with van der Waals surface area (Å²) in [6, 6.07) is 15.8. The first-order valence-electron chi connectivity index (χ1n) is 11.1. The molecule has 34 heavy (non-hydrogen) atoms. The van der Waals surface area contributed by atoms with Gasteiger partial charge in [0, 0.05) is 30.7 Å². The number of halogens is 1. The molecule has 1 atom stereocenters. The zero-order valence-electron chi connectivity index (χ0n) is 19.2. The molecule has 2 aromatic carbocycles. The quantitative estimate of drug-likeness (QED) is 0.555. The summed E-state index contributed by atoms with van der Waals surface area (Å²) >= 11 is 6.08. The summed E-state index contributed by atoms with van der Waals surface area (Å²) in [5.41, 5.74) is 1.28. The third-order valence-corrected chi connectivity index (χ3v) is 6.10. The van der Waals surface area contributed by atoms with Crippen LogP contribution in [0.2, 0.25) is 5.02 Å². The fourth-order valence-corrected chi connectivity index (χ4v) is 4.27. The molecule has 1 aromatic heterocycles. The first kappa shape index (κ1) is 23.6. The van der Waals surface area contributed by atoms with E-state index in [2.05, 4.69) is 10.4 Å². The van der Waals surface area contributed by atoms with E-state index >= 15 is 0 Å². The van der Waals surface area contributed by atoms with Crippen LogP contribution in [0.3, 0.4) is 0 Å². The molecular weight excluding hydrogens is 456 g/mol. The molecule has 1 saturated heterocycles. The lowest BCUT2D eigenvalue weighted by Gasteiger charge is -2.33. The number of amides is 1. The van der Waals surface area contributed by atoms with E-state index in [0.717, 1.165) is 24.9 Å². The van der Waals surface area contributed by atoms with Crippen molar-refractivity contribution < 1.29 is 14.3 Å². The van der Waals surface area contributed by atoms with Crippen LogP contribution in [0.4, 0.5) is 5.82 Å². The Morgan fingerprint density at radius 3 is 2.71 bits per heavy atom. The minimum atomic E-state index is -0.243. The topological polar surface area (TPSA) is 85.7 Å². The highest BCUT2D eigenvalue weighted by Crippen LogP contribution is 2.28. The molecule has 0 radical (unpaired) electrons. The van der Waals surface area contributed by atoms with E-state index in [9.17, 15) is 9.59 Å². The van der Waals surface area contributed by atoms with E-state index in [4.69, 9.17) is 21.1 Å². The Morgan fingerprint density at radius 1 is 1.12 bits per heavy atom. The zero-order chi connectivity index (χ0) is 24.1. The smallest absolute Gasteiger partial charge is 0.271 e. The summed E-state index contributed by atoms with van der Waals surface area (Å²) in [4.78, 5) is 27.4. The van der Waals surface area contributed by atoms with Gasteiger partial charge in [-0.1, -0.05) is 23.7 Å². The molecule has 2 heterocycles. The number of hydrogen-bond donors (Lipinski definition) is 1. The molecule has 3 aromatic rings. The van der Waals surface area contributed by atoms with Crippen molar-refractivity contribution in [3.63, 3.8) is 0 Å². The van der Waals surface area contributed by atoms with E-state index in [0.29, 0.717) is 41.1 Å². The zero-order valence-corrected chi connectivity index (χ0v) is 19.9. The monoisotopic (exact) mass is 482 g/mol. The number of rotatable bonds is 7. The van der Waals surface area contributed by atoms with Gasteiger partial charge >= 0.3 is 0 Å². The number of piperidine rings is 1. The van der Waals surface area contributed by atoms with Crippen LogP contribution in [-0.4, -0.2) is 43.0 Å². The number of benzene rings is 2. The number of carbonyl (C=O) groups is 1. The number of methoxy groups -OCH3 is 2. The number of nitrogens with one attached hydrogen (secondary N) is 1.